The number of nitrogens with one attached hydrogen (secondary N) is 2. The first-order valence-corrected chi connectivity index (χ1v) is 9.15. The molecule has 0 spiro atoms. The topological polar surface area (TPSA) is 74.6 Å². The van der Waals surface area contributed by atoms with Crippen molar-refractivity contribution in [3.8, 4) is 0 Å². The maximum Gasteiger partial charge on any atom is 0.291 e. The quantitative estimate of drug-likeness (QED) is 0.835. The molecule has 26 heavy (non-hydrogen) atoms. The summed E-state index contributed by atoms with van der Waals surface area (Å²) in [6.45, 7) is 4.71. The molecular formula is C20H25N3O3. The molecule has 0 aliphatic carbocycles. The lowest BCUT2D eigenvalue weighted by Gasteiger charge is -2.34. The Balaban J connectivity index is 1.74. The summed E-state index contributed by atoms with van der Waals surface area (Å²) >= 11 is 0. The van der Waals surface area contributed by atoms with Crippen molar-refractivity contribution in [3.63, 3.8) is 0 Å². The Morgan fingerprint density at radius 1 is 1.23 bits per heavy atom. The first kappa shape index (κ1) is 18.2. The molecule has 2 N–H and O–H groups in total. The van der Waals surface area contributed by atoms with Gasteiger partial charge in [-0.05, 0) is 62.7 Å². The summed E-state index contributed by atoms with van der Waals surface area (Å²) in [5, 5.41) is 6.12. The van der Waals surface area contributed by atoms with Crippen LogP contribution in [0.2, 0.25) is 0 Å². The number of rotatable bonds is 6. The minimum absolute atomic E-state index is 0.0212. The van der Waals surface area contributed by atoms with Gasteiger partial charge in [0, 0.05) is 23.8 Å². The second-order valence-corrected chi connectivity index (χ2v) is 6.49. The third kappa shape index (κ3) is 4.32. The lowest BCUT2D eigenvalue weighted by atomic mass is 10.0. The van der Waals surface area contributed by atoms with Crippen LogP contribution >= 0.6 is 0 Å². The lowest BCUT2D eigenvalue weighted by Crippen LogP contribution is -2.46. The number of hydrogen-bond acceptors (Lipinski definition) is 4. The molecule has 0 radical (unpaired) electrons. The number of nitrogens with zero attached hydrogens (tertiary/aromatic N) is 1. The molecular weight excluding hydrogens is 330 g/mol. The van der Waals surface area contributed by atoms with Crippen LogP contribution in [-0.4, -0.2) is 42.4 Å². The van der Waals surface area contributed by atoms with Gasteiger partial charge in [0.25, 0.3) is 11.8 Å². The highest BCUT2D eigenvalue weighted by Crippen LogP contribution is 2.19. The molecule has 2 heterocycles. The second kappa shape index (κ2) is 8.67. The normalized spacial score (nSPS) is 14.8. The molecule has 0 saturated carbocycles. The highest BCUT2D eigenvalue weighted by Gasteiger charge is 2.25. The zero-order chi connectivity index (χ0) is 18.4. The van der Waals surface area contributed by atoms with E-state index in [9.17, 15) is 9.59 Å². The molecule has 3 rings (SSSR count). The molecule has 2 amide bonds. The molecule has 1 aromatic heterocycles. The predicted molar refractivity (Wildman–Crippen MR) is 100 cm³/mol. The van der Waals surface area contributed by atoms with E-state index < -0.39 is 0 Å². The van der Waals surface area contributed by atoms with E-state index in [1.54, 1.807) is 36.4 Å². The van der Waals surface area contributed by atoms with Crippen molar-refractivity contribution in [3.05, 3.63) is 54.0 Å². The van der Waals surface area contributed by atoms with Gasteiger partial charge in [0.15, 0.2) is 5.76 Å². The number of carbonyl (C=O) groups is 2. The van der Waals surface area contributed by atoms with Crippen LogP contribution in [0.3, 0.4) is 0 Å². The molecule has 6 heteroatoms. The number of amides is 2. The number of hydrogen-bond donors (Lipinski definition) is 2. The van der Waals surface area contributed by atoms with Crippen molar-refractivity contribution < 1.29 is 14.0 Å². The van der Waals surface area contributed by atoms with Crippen LogP contribution in [0.15, 0.2) is 47.1 Å². The van der Waals surface area contributed by atoms with E-state index in [1.807, 2.05) is 4.90 Å². The van der Waals surface area contributed by atoms with Crippen LogP contribution < -0.4 is 10.6 Å². The number of piperidine rings is 1. The molecule has 1 aliphatic heterocycles. The Morgan fingerprint density at radius 3 is 2.73 bits per heavy atom. The monoisotopic (exact) mass is 355 g/mol. The molecule has 1 fully saturated rings. The zero-order valence-electron chi connectivity index (χ0n) is 15.0. The zero-order valence-corrected chi connectivity index (χ0v) is 15.0. The summed E-state index contributed by atoms with van der Waals surface area (Å²) in [6, 6.07) is 10.6. The fourth-order valence-electron chi connectivity index (χ4n) is 3.31. The van der Waals surface area contributed by atoms with Crippen molar-refractivity contribution in [1.82, 2.24) is 10.2 Å². The number of furan rings is 1. The van der Waals surface area contributed by atoms with E-state index in [1.165, 1.54) is 6.26 Å². The summed E-state index contributed by atoms with van der Waals surface area (Å²) in [5.74, 6) is -0.0692. The van der Waals surface area contributed by atoms with Gasteiger partial charge in [0.05, 0.1) is 6.26 Å². The van der Waals surface area contributed by atoms with Crippen LogP contribution in [0.5, 0.6) is 0 Å². The number of carbonyl (C=O) groups excluding carboxylic acids is 2. The molecule has 1 aromatic carbocycles. The van der Waals surface area contributed by atoms with Crippen LogP contribution in [-0.2, 0) is 0 Å². The van der Waals surface area contributed by atoms with E-state index >= 15 is 0 Å². The van der Waals surface area contributed by atoms with E-state index in [-0.39, 0.29) is 23.6 Å². The molecule has 138 valence electrons. The van der Waals surface area contributed by atoms with Crippen LogP contribution in [0.1, 0.15) is 47.1 Å². The first-order valence-electron chi connectivity index (χ1n) is 9.15. The SMILES string of the molecule is CCCN(C(=O)c1cccc(NC(=O)c2ccco2)c1)C1CCNCC1. The minimum atomic E-state index is -0.330. The minimum Gasteiger partial charge on any atom is -0.459 e. The van der Waals surface area contributed by atoms with E-state index in [0.29, 0.717) is 11.3 Å². The van der Waals surface area contributed by atoms with Gasteiger partial charge in [-0.1, -0.05) is 13.0 Å². The first-order chi connectivity index (χ1) is 12.7. The van der Waals surface area contributed by atoms with Gasteiger partial charge in [0.2, 0.25) is 0 Å². The molecule has 0 atom stereocenters. The Morgan fingerprint density at radius 2 is 2.04 bits per heavy atom. The average Bonchev–Trinajstić information content (AvgIpc) is 3.21. The smallest absolute Gasteiger partial charge is 0.291 e. The van der Waals surface area contributed by atoms with Crippen molar-refractivity contribution in [2.24, 2.45) is 0 Å². The van der Waals surface area contributed by atoms with Gasteiger partial charge in [-0.25, -0.2) is 0 Å². The summed E-state index contributed by atoms with van der Waals surface area (Å²) in [5.41, 5.74) is 1.17. The standard InChI is InChI=1S/C20H25N3O3/c1-2-12-23(17-8-10-21-11-9-17)20(25)15-5-3-6-16(14-15)22-19(24)18-7-4-13-26-18/h3-7,13-14,17,21H,2,8-12H2,1H3,(H,22,24). The molecule has 1 aliphatic rings. The van der Waals surface area contributed by atoms with Crippen molar-refractivity contribution >= 4 is 17.5 Å². The number of anilines is 1. The molecule has 2 aromatic rings. The highest BCUT2D eigenvalue weighted by molar-refractivity contribution is 6.03. The fraction of sp³-hybridized carbons (Fsp3) is 0.400. The average molecular weight is 355 g/mol. The van der Waals surface area contributed by atoms with Crippen LogP contribution in [0.25, 0.3) is 0 Å². The summed E-state index contributed by atoms with van der Waals surface area (Å²) < 4.78 is 5.10. The maximum atomic E-state index is 13.1. The molecule has 1 saturated heterocycles. The molecule has 6 nitrogen and oxygen atoms in total. The Labute approximate surface area is 153 Å². The summed E-state index contributed by atoms with van der Waals surface area (Å²) in [7, 11) is 0. The van der Waals surface area contributed by atoms with Crippen LogP contribution in [0, 0.1) is 0 Å². The largest absolute Gasteiger partial charge is 0.459 e. The fourth-order valence-corrected chi connectivity index (χ4v) is 3.31. The highest BCUT2D eigenvalue weighted by atomic mass is 16.3. The van der Waals surface area contributed by atoms with Gasteiger partial charge < -0.3 is 20.0 Å². The van der Waals surface area contributed by atoms with Crippen molar-refractivity contribution in [2.75, 3.05) is 25.0 Å². The second-order valence-electron chi connectivity index (χ2n) is 6.49. The molecule has 0 unspecified atom stereocenters. The third-order valence-corrected chi connectivity index (χ3v) is 4.59. The number of benzene rings is 1. The van der Waals surface area contributed by atoms with Crippen LogP contribution in [0.4, 0.5) is 5.69 Å². The Hall–Kier alpha value is -2.60. The van der Waals surface area contributed by atoms with Gasteiger partial charge in [-0.2, -0.15) is 0 Å². The predicted octanol–water partition coefficient (Wildman–Crippen LogP) is 3.14. The van der Waals surface area contributed by atoms with Crippen molar-refractivity contribution in [2.45, 2.75) is 32.2 Å². The Bertz CT molecular complexity index is 737. The van der Waals surface area contributed by atoms with E-state index in [2.05, 4.69) is 17.6 Å². The van der Waals surface area contributed by atoms with Gasteiger partial charge in [-0.15, -0.1) is 0 Å². The summed E-state index contributed by atoms with van der Waals surface area (Å²) in [6.07, 6.45) is 4.32. The molecule has 0 bridgehead atoms. The third-order valence-electron chi connectivity index (χ3n) is 4.59. The lowest BCUT2D eigenvalue weighted by molar-refractivity contribution is 0.0642. The van der Waals surface area contributed by atoms with Gasteiger partial charge in [0.1, 0.15) is 0 Å². The maximum absolute atomic E-state index is 13.1. The Kier molecular flexibility index (Phi) is 6.07. The summed E-state index contributed by atoms with van der Waals surface area (Å²) in [4.78, 5) is 27.2. The van der Waals surface area contributed by atoms with E-state index in [0.717, 1.165) is 38.9 Å². The van der Waals surface area contributed by atoms with Gasteiger partial charge in [-0.3, -0.25) is 9.59 Å². The van der Waals surface area contributed by atoms with Crippen molar-refractivity contribution in [1.29, 1.82) is 0 Å². The van der Waals surface area contributed by atoms with E-state index in [4.69, 9.17) is 4.42 Å². The van der Waals surface area contributed by atoms with Gasteiger partial charge >= 0.3 is 0 Å².